The van der Waals surface area contributed by atoms with Crippen LogP contribution in [0.5, 0.6) is 0 Å². The molecule has 3 heteroatoms. The van der Waals surface area contributed by atoms with Crippen molar-refractivity contribution in [2.75, 3.05) is 19.6 Å². The van der Waals surface area contributed by atoms with E-state index in [9.17, 15) is 0 Å². The lowest BCUT2D eigenvalue weighted by Crippen LogP contribution is -2.36. The van der Waals surface area contributed by atoms with Gasteiger partial charge in [0.2, 0.25) is 0 Å². The first kappa shape index (κ1) is 14.8. The van der Waals surface area contributed by atoms with E-state index in [4.69, 9.17) is 4.98 Å². The Hall–Kier alpha value is -1.74. The van der Waals surface area contributed by atoms with Gasteiger partial charge in [0.1, 0.15) is 0 Å². The van der Waals surface area contributed by atoms with E-state index in [0.29, 0.717) is 5.92 Å². The van der Waals surface area contributed by atoms with Gasteiger partial charge in [0.15, 0.2) is 0 Å². The van der Waals surface area contributed by atoms with Gasteiger partial charge >= 0.3 is 0 Å². The molecule has 1 aliphatic carbocycles. The Morgan fingerprint density at radius 1 is 1.09 bits per heavy atom. The van der Waals surface area contributed by atoms with E-state index in [1.54, 1.807) is 0 Å². The second-order valence-corrected chi connectivity index (χ2v) is 7.03. The van der Waals surface area contributed by atoms with Crippen LogP contribution in [0.1, 0.15) is 43.7 Å². The number of nitrogens with zero attached hydrogens (tertiary/aromatic N) is 3. The largest absolute Gasteiger partial charge is 0.303 e. The van der Waals surface area contributed by atoms with Crippen molar-refractivity contribution in [3.8, 4) is 0 Å². The van der Waals surface area contributed by atoms with Crippen LogP contribution in [0.15, 0.2) is 42.7 Å². The molecule has 2 aromatic rings. The first-order valence-corrected chi connectivity index (χ1v) is 8.96. The minimum Gasteiger partial charge on any atom is -0.303 e. The van der Waals surface area contributed by atoms with Gasteiger partial charge in [-0.25, -0.2) is 0 Å². The molecule has 0 N–H and O–H groups in total. The molecule has 0 spiro atoms. The standard InChI is InChI=1S/C20H25N3/c1-2-5-16(6-3-1)15-23-11-8-17(9-12-23)19-13-20-18(14-22-19)7-4-10-21-20/h1-2,4,7,10,13-14,16-17H,3,5-6,8-9,11-12,15H2. The van der Waals surface area contributed by atoms with Gasteiger partial charge in [0.05, 0.1) is 5.52 Å². The summed E-state index contributed by atoms with van der Waals surface area (Å²) in [6.07, 6.45) is 14.9. The Balaban J connectivity index is 1.37. The zero-order chi connectivity index (χ0) is 15.5. The average molecular weight is 307 g/mol. The predicted molar refractivity (Wildman–Crippen MR) is 94.4 cm³/mol. The number of rotatable bonds is 3. The zero-order valence-electron chi connectivity index (χ0n) is 13.7. The maximum absolute atomic E-state index is 4.70. The van der Waals surface area contributed by atoms with E-state index in [2.05, 4.69) is 34.2 Å². The van der Waals surface area contributed by atoms with E-state index in [1.807, 2.05) is 18.5 Å². The Bertz CT molecular complexity index is 686. The number of pyridine rings is 2. The lowest BCUT2D eigenvalue weighted by molar-refractivity contribution is 0.177. The minimum absolute atomic E-state index is 0.601. The van der Waals surface area contributed by atoms with Crippen molar-refractivity contribution >= 4 is 10.9 Å². The van der Waals surface area contributed by atoms with Crippen LogP contribution in [0.3, 0.4) is 0 Å². The van der Waals surface area contributed by atoms with Crippen LogP contribution in [-0.2, 0) is 0 Å². The SMILES string of the molecule is C1=CCC(CN2CCC(c3cc4ncccc4cn3)CC2)CC1. The van der Waals surface area contributed by atoms with E-state index < -0.39 is 0 Å². The van der Waals surface area contributed by atoms with Gasteiger partial charge in [-0.15, -0.1) is 0 Å². The van der Waals surface area contributed by atoms with E-state index in [-0.39, 0.29) is 0 Å². The smallest absolute Gasteiger partial charge is 0.0735 e. The normalized spacial score (nSPS) is 23.4. The number of piperidine rings is 1. The van der Waals surface area contributed by atoms with Crippen LogP contribution in [0.2, 0.25) is 0 Å². The molecule has 0 aromatic carbocycles. The van der Waals surface area contributed by atoms with Gasteiger partial charge in [-0.1, -0.05) is 12.2 Å². The fourth-order valence-electron chi connectivity index (χ4n) is 4.00. The predicted octanol–water partition coefficient (Wildman–Crippen LogP) is 4.17. The van der Waals surface area contributed by atoms with Gasteiger partial charge < -0.3 is 4.90 Å². The number of hydrogen-bond acceptors (Lipinski definition) is 3. The third kappa shape index (κ3) is 3.45. The molecule has 23 heavy (non-hydrogen) atoms. The van der Waals surface area contributed by atoms with Crippen molar-refractivity contribution < 1.29 is 0 Å². The topological polar surface area (TPSA) is 29.0 Å². The van der Waals surface area contributed by atoms with Crippen molar-refractivity contribution in [1.82, 2.24) is 14.9 Å². The third-order valence-corrected chi connectivity index (χ3v) is 5.41. The fourth-order valence-corrected chi connectivity index (χ4v) is 4.00. The first-order valence-electron chi connectivity index (χ1n) is 8.96. The summed E-state index contributed by atoms with van der Waals surface area (Å²) in [5, 5.41) is 1.14. The number of likely N-dealkylation sites (tertiary alicyclic amines) is 1. The molecule has 0 saturated carbocycles. The van der Waals surface area contributed by atoms with Gasteiger partial charge in [0, 0.05) is 35.9 Å². The van der Waals surface area contributed by atoms with Crippen molar-refractivity contribution in [2.45, 2.75) is 38.0 Å². The van der Waals surface area contributed by atoms with Crippen LogP contribution in [0, 0.1) is 5.92 Å². The van der Waals surface area contributed by atoms with E-state index in [0.717, 1.165) is 16.8 Å². The van der Waals surface area contributed by atoms with Crippen molar-refractivity contribution in [1.29, 1.82) is 0 Å². The summed E-state index contributed by atoms with van der Waals surface area (Å²) in [7, 11) is 0. The van der Waals surface area contributed by atoms with E-state index in [1.165, 1.54) is 57.4 Å². The molecule has 2 aromatic heterocycles. The van der Waals surface area contributed by atoms with Crippen molar-refractivity contribution in [2.24, 2.45) is 5.92 Å². The van der Waals surface area contributed by atoms with Gasteiger partial charge in [0.25, 0.3) is 0 Å². The summed E-state index contributed by atoms with van der Waals surface area (Å²) in [5.74, 6) is 1.48. The molecule has 0 bridgehead atoms. The van der Waals surface area contributed by atoms with Crippen LogP contribution >= 0.6 is 0 Å². The van der Waals surface area contributed by atoms with Crippen LogP contribution < -0.4 is 0 Å². The lowest BCUT2D eigenvalue weighted by Gasteiger charge is -2.34. The Labute approximate surface area is 138 Å². The highest BCUT2D eigenvalue weighted by Gasteiger charge is 2.23. The Morgan fingerprint density at radius 3 is 2.83 bits per heavy atom. The third-order valence-electron chi connectivity index (χ3n) is 5.41. The molecule has 1 fully saturated rings. The molecule has 1 aliphatic heterocycles. The van der Waals surface area contributed by atoms with Gasteiger partial charge in [-0.2, -0.15) is 0 Å². The molecular formula is C20H25N3. The summed E-state index contributed by atoms with van der Waals surface area (Å²) < 4.78 is 0. The van der Waals surface area contributed by atoms with Gasteiger partial charge in [-0.05, 0) is 69.3 Å². The van der Waals surface area contributed by atoms with Crippen LogP contribution in [-0.4, -0.2) is 34.5 Å². The molecule has 1 atom stereocenters. The molecule has 3 heterocycles. The molecule has 120 valence electrons. The van der Waals surface area contributed by atoms with Crippen LogP contribution in [0.25, 0.3) is 10.9 Å². The summed E-state index contributed by atoms with van der Waals surface area (Å²) in [6, 6.07) is 6.25. The summed E-state index contributed by atoms with van der Waals surface area (Å²) in [4.78, 5) is 11.8. The minimum atomic E-state index is 0.601. The molecule has 1 unspecified atom stereocenters. The highest BCUT2D eigenvalue weighted by atomic mass is 15.1. The number of hydrogen-bond donors (Lipinski definition) is 0. The number of allylic oxidation sites excluding steroid dienone is 2. The molecule has 3 nitrogen and oxygen atoms in total. The summed E-state index contributed by atoms with van der Waals surface area (Å²) >= 11 is 0. The fraction of sp³-hybridized carbons (Fsp3) is 0.500. The monoisotopic (exact) mass is 307 g/mol. The summed E-state index contributed by atoms with van der Waals surface area (Å²) in [5.41, 5.74) is 2.31. The molecule has 2 aliphatic rings. The highest BCUT2D eigenvalue weighted by molar-refractivity contribution is 5.77. The molecule has 0 amide bonds. The van der Waals surface area contributed by atoms with Gasteiger partial charge in [-0.3, -0.25) is 9.97 Å². The molecule has 4 rings (SSSR count). The van der Waals surface area contributed by atoms with E-state index >= 15 is 0 Å². The second kappa shape index (κ2) is 6.79. The maximum Gasteiger partial charge on any atom is 0.0735 e. The molecule has 0 radical (unpaired) electrons. The first-order chi connectivity index (χ1) is 11.4. The Kier molecular flexibility index (Phi) is 4.38. The Morgan fingerprint density at radius 2 is 2.00 bits per heavy atom. The zero-order valence-corrected chi connectivity index (χ0v) is 13.7. The molecule has 1 saturated heterocycles. The second-order valence-electron chi connectivity index (χ2n) is 7.03. The molecular weight excluding hydrogens is 282 g/mol. The lowest BCUT2D eigenvalue weighted by atomic mass is 9.90. The maximum atomic E-state index is 4.70. The summed E-state index contributed by atoms with van der Waals surface area (Å²) in [6.45, 7) is 3.71. The number of fused-ring (bicyclic) bond motifs is 1. The van der Waals surface area contributed by atoms with Crippen LogP contribution in [0.4, 0.5) is 0 Å². The average Bonchev–Trinajstić information content (AvgIpc) is 2.63. The highest BCUT2D eigenvalue weighted by Crippen LogP contribution is 2.29. The van der Waals surface area contributed by atoms with Crippen molar-refractivity contribution in [3.63, 3.8) is 0 Å². The van der Waals surface area contributed by atoms with Crippen molar-refractivity contribution in [3.05, 3.63) is 48.4 Å². The number of aromatic nitrogens is 2. The quantitative estimate of drug-likeness (QED) is 0.797.